The third kappa shape index (κ3) is 3.45. The first kappa shape index (κ1) is 21.1. The van der Waals surface area contributed by atoms with Crippen molar-refractivity contribution in [3.05, 3.63) is 63.1 Å². The molecule has 1 amide bonds. The van der Waals surface area contributed by atoms with Gasteiger partial charge in [0.05, 0.1) is 35.2 Å². The lowest BCUT2D eigenvalue weighted by molar-refractivity contribution is 0.0747. The molecule has 0 spiro atoms. The Hall–Kier alpha value is -2.48. The quantitative estimate of drug-likeness (QED) is 0.596. The minimum absolute atomic E-state index is 0.0725. The van der Waals surface area contributed by atoms with Crippen molar-refractivity contribution in [1.29, 1.82) is 0 Å². The van der Waals surface area contributed by atoms with Crippen LogP contribution in [0.2, 0.25) is 5.02 Å². The molecule has 3 aromatic rings. The molecule has 0 radical (unpaired) electrons. The van der Waals surface area contributed by atoms with Crippen molar-refractivity contribution in [2.75, 3.05) is 33.2 Å². The highest BCUT2D eigenvalue weighted by molar-refractivity contribution is 6.31. The molecular weight excluding hydrogens is 436 g/mol. The second-order valence-electron chi connectivity index (χ2n) is 10.0. The standard InChI is InChI=1S/C25H29ClN6O/c1-15-23(26)16(2)32-24(27-15)21-13-31(14-22(21)28-32)25(33)20-7-5-4-6-17(20)10-30-11-18-8-29(3)9-19(18)12-30/h4-7,18-19H,8-14H2,1-3H3. The zero-order chi connectivity index (χ0) is 22.9. The summed E-state index contributed by atoms with van der Waals surface area (Å²) >= 11 is 6.37. The van der Waals surface area contributed by atoms with Crippen LogP contribution in [0.5, 0.6) is 0 Å². The number of fused-ring (bicyclic) bond motifs is 4. The van der Waals surface area contributed by atoms with E-state index in [-0.39, 0.29) is 5.91 Å². The smallest absolute Gasteiger partial charge is 0.254 e. The molecule has 3 aliphatic heterocycles. The molecule has 33 heavy (non-hydrogen) atoms. The van der Waals surface area contributed by atoms with Gasteiger partial charge >= 0.3 is 0 Å². The van der Waals surface area contributed by atoms with Gasteiger partial charge in [0.15, 0.2) is 5.65 Å². The van der Waals surface area contributed by atoms with Gasteiger partial charge in [0.2, 0.25) is 0 Å². The van der Waals surface area contributed by atoms with Gasteiger partial charge in [0, 0.05) is 43.9 Å². The average Bonchev–Trinajstić information content (AvgIpc) is 3.52. The highest BCUT2D eigenvalue weighted by atomic mass is 35.5. The van der Waals surface area contributed by atoms with Gasteiger partial charge in [-0.15, -0.1) is 0 Å². The predicted octanol–water partition coefficient (Wildman–Crippen LogP) is 3.15. The molecule has 3 aliphatic rings. The molecule has 8 heteroatoms. The lowest BCUT2D eigenvalue weighted by atomic mass is 10.0. The number of hydrogen-bond donors (Lipinski definition) is 0. The maximum atomic E-state index is 13.6. The number of likely N-dealkylation sites (tertiary alicyclic amines) is 2. The Kier molecular flexibility index (Phi) is 4.98. The van der Waals surface area contributed by atoms with Crippen molar-refractivity contribution >= 4 is 23.2 Å². The van der Waals surface area contributed by atoms with Gasteiger partial charge < -0.3 is 9.80 Å². The summed E-state index contributed by atoms with van der Waals surface area (Å²) < 4.78 is 1.82. The normalized spacial score (nSPS) is 23.0. The number of carbonyl (C=O) groups is 1. The first-order chi connectivity index (χ1) is 15.9. The summed E-state index contributed by atoms with van der Waals surface area (Å²) in [5.41, 5.74) is 6.35. The fourth-order valence-electron chi connectivity index (χ4n) is 5.99. The summed E-state index contributed by atoms with van der Waals surface area (Å²) in [6.07, 6.45) is 0. The Morgan fingerprint density at radius 2 is 1.82 bits per heavy atom. The summed E-state index contributed by atoms with van der Waals surface area (Å²) in [6, 6.07) is 8.09. The Bertz CT molecular complexity index is 1260. The van der Waals surface area contributed by atoms with E-state index in [4.69, 9.17) is 16.7 Å². The number of benzene rings is 1. The number of rotatable bonds is 3. The minimum Gasteiger partial charge on any atom is -0.328 e. The maximum absolute atomic E-state index is 13.6. The molecule has 7 nitrogen and oxygen atoms in total. The summed E-state index contributed by atoms with van der Waals surface area (Å²) in [5, 5.41) is 5.37. The molecule has 172 valence electrons. The van der Waals surface area contributed by atoms with Crippen molar-refractivity contribution in [2.24, 2.45) is 11.8 Å². The molecule has 5 heterocycles. The molecule has 2 unspecified atom stereocenters. The molecule has 2 fully saturated rings. The predicted molar refractivity (Wildman–Crippen MR) is 127 cm³/mol. The molecule has 2 saturated heterocycles. The topological polar surface area (TPSA) is 57.0 Å². The molecule has 2 atom stereocenters. The van der Waals surface area contributed by atoms with Crippen molar-refractivity contribution in [3.8, 4) is 0 Å². The Balaban J connectivity index is 1.22. The Morgan fingerprint density at radius 1 is 1.09 bits per heavy atom. The van der Waals surface area contributed by atoms with E-state index < -0.39 is 0 Å². The summed E-state index contributed by atoms with van der Waals surface area (Å²) in [5.74, 6) is 1.59. The van der Waals surface area contributed by atoms with E-state index in [0.717, 1.165) is 70.9 Å². The van der Waals surface area contributed by atoms with E-state index in [0.29, 0.717) is 18.1 Å². The van der Waals surface area contributed by atoms with E-state index in [1.807, 2.05) is 41.5 Å². The van der Waals surface area contributed by atoms with E-state index in [1.165, 1.54) is 13.1 Å². The fraction of sp³-hybridized carbons (Fsp3) is 0.480. The number of hydrogen-bond acceptors (Lipinski definition) is 5. The van der Waals surface area contributed by atoms with Crippen LogP contribution in [-0.2, 0) is 19.6 Å². The maximum Gasteiger partial charge on any atom is 0.254 e. The lowest BCUT2D eigenvalue weighted by Crippen LogP contribution is -2.30. The van der Waals surface area contributed by atoms with Crippen LogP contribution < -0.4 is 0 Å². The third-order valence-electron chi connectivity index (χ3n) is 7.63. The van der Waals surface area contributed by atoms with E-state index >= 15 is 0 Å². The molecule has 6 rings (SSSR count). The first-order valence-corrected chi connectivity index (χ1v) is 12.1. The number of halogens is 1. The molecule has 2 aromatic heterocycles. The number of aromatic nitrogens is 3. The van der Waals surface area contributed by atoms with Crippen molar-refractivity contribution in [2.45, 2.75) is 33.5 Å². The molecule has 1 aromatic carbocycles. The van der Waals surface area contributed by atoms with Gasteiger partial charge in [0.1, 0.15) is 0 Å². The monoisotopic (exact) mass is 464 g/mol. The van der Waals surface area contributed by atoms with E-state index in [2.05, 4.69) is 27.9 Å². The first-order valence-electron chi connectivity index (χ1n) is 11.7. The van der Waals surface area contributed by atoms with Crippen LogP contribution in [0.25, 0.3) is 5.65 Å². The van der Waals surface area contributed by atoms with Crippen LogP contribution in [0.1, 0.15) is 38.6 Å². The van der Waals surface area contributed by atoms with Crippen LogP contribution in [0, 0.1) is 25.7 Å². The van der Waals surface area contributed by atoms with Crippen molar-refractivity contribution in [3.63, 3.8) is 0 Å². The molecule has 0 saturated carbocycles. The molecular formula is C25H29ClN6O. The van der Waals surface area contributed by atoms with Crippen LogP contribution in [0.15, 0.2) is 24.3 Å². The third-order valence-corrected chi connectivity index (χ3v) is 8.18. The molecule has 0 bridgehead atoms. The number of carbonyl (C=O) groups excluding carboxylic acids is 1. The lowest BCUT2D eigenvalue weighted by Gasteiger charge is -2.22. The van der Waals surface area contributed by atoms with Crippen molar-refractivity contribution < 1.29 is 4.79 Å². The van der Waals surface area contributed by atoms with Gasteiger partial charge in [-0.25, -0.2) is 9.50 Å². The van der Waals surface area contributed by atoms with Gasteiger partial charge in [-0.2, -0.15) is 5.10 Å². The van der Waals surface area contributed by atoms with E-state index in [9.17, 15) is 4.79 Å². The summed E-state index contributed by atoms with van der Waals surface area (Å²) in [4.78, 5) is 25.1. The van der Waals surface area contributed by atoms with Crippen LogP contribution in [0.4, 0.5) is 0 Å². The second-order valence-corrected chi connectivity index (χ2v) is 10.4. The average molecular weight is 465 g/mol. The highest BCUT2D eigenvalue weighted by Gasteiger charge is 2.39. The Labute approximate surface area is 198 Å². The molecule has 0 aliphatic carbocycles. The highest BCUT2D eigenvalue weighted by Crippen LogP contribution is 2.33. The van der Waals surface area contributed by atoms with Crippen molar-refractivity contribution in [1.82, 2.24) is 29.3 Å². The number of amides is 1. The van der Waals surface area contributed by atoms with Crippen LogP contribution >= 0.6 is 11.6 Å². The second kappa shape index (κ2) is 7.79. The zero-order valence-electron chi connectivity index (χ0n) is 19.4. The SMILES string of the molecule is Cc1nc2c3c(nn2c(C)c1Cl)CN(C(=O)c1ccccc1CN1CC2CN(C)CC2C1)C3. The van der Waals surface area contributed by atoms with Gasteiger partial charge in [0.25, 0.3) is 5.91 Å². The van der Waals surface area contributed by atoms with Crippen LogP contribution in [-0.4, -0.2) is 68.4 Å². The molecule has 0 N–H and O–H groups in total. The van der Waals surface area contributed by atoms with Gasteiger partial charge in [-0.1, -0.05) is 29.8 Å². The van der Waals surface area contributed by atoms with E-state index in [1.54, 1.807) is 0 Å². The van der Waals surface area contributed by atoms with Crippen LogP contribution in [0.3, 0.4) is 0 Å². The number of aryl methyl sites for hydroxylation is 2. The largest absolute Gasteiger partial charge is 0.328 e. The minimum atomic E-state index is 0.0725. The fourth-order valence-corrected chi connectivity index (χ4v) is 6.11. The van der Waals surface area contributed by atoms with Gasteiger partial charge in [-0.3, -0.25) is 9.69 Å². The van der Waals surface area contributed by atoms with Gasteiger partial charge in [-0.05, 0) is 44.4 Å². The summed E-state index contributed by atoms with van der Waals surface area (Å²) in [6.45, 7) is 10.3. The zero-order valence-corrected chi connectivity index (χ0v) is 20.1. The Morgan fingerprint density at radius 3 is 2.58 bits per heavy atom. The summed E-state index contributed by atoms with van der Waals surface area (Å²) in [7, 11) is 2.22. The number of nitrogens with zero attached hydrogens (tertiary/aromatic N) is 6.